The summed E-state index contributed by atoms with van der Waals surface area (Å²) < 4.78 is 8.48. The van der Waals surface area contributed by atoms with Crippen molar-refractivity contribution in [1.82, 2.24) is 0 Å². The van der Waals surface area contributed by atoms with Crippen molar-refractivity contribution < 1.29 is 9.32 Å². The van der Waals surface area contributed by atoms with Gasteiger partial charge in [0.15, 0.2) is 13.9 Å². The van der Waals surface area contributed by atoms with E-state index in [0.29, 0.717) is 5.71 Å². The standard InChI is InChI=1S/C14H21BrN2O2Si2/c1-20(2,3)17-12-8-7-10(15)9-11(12)13(14(17)18)16-19-21(4,5)6/h7-9H,1-6H3/b16-13+. The topological polar surface area (TPSA) is 41.9 Å². The quantitative estimate of drug-likeness (QED) is 0.578. The second-order valence-electron chi connectivity index (χ2n) is 7.12. The lowest BCUT2D eigenvalue weighted by Crippen LogP contribution is -2.49. The summed E-state index contributed by atoms with van der Waals surface area (Å²) in [7, 11) is -3.64. The van der Waals surface area contributed by atoms with E-state index in [1.165, 1.54) is 0 Å². The predicted octanol–water partition coefficient (Wildman–Crippen LogP) is 4.19. The lowest BCUT2D eigenvalue weighted by molar-refractivity contribution is -0.111. The number of carbonyl (C=O) groups excluding carboxylic acids is 1. The molecule has 4 nitrogen and oxygen atoms in total. The molecule has 0 bridgehead atoms. The summed E-state index contributed by atoms with van der Waals surface area (Å²) in [5.41, 5.74) is 2.23. The van der Waals surface area contributed by atoms with Crippen molar-refractivity contribution in [2.24, 2.45) is 5.16 Å². The Hall–Kier alpha value is -0.926. The molecule has 0 saturated heterocycles. The zero-order valence-electron chi connectivity index (χ0n) is 13.3. The van der Waals surface area contributed by atoms with Gasteiger partial charge in [-0.3, -0.25) is 4.79 Å². The maximum absolute atomic E-state index is 12.8. The molecule has 0 atom stereocenters. The second-order valence-corrected chi connectivity index (χ2v) is 17.2. The maximum Gasteiger partial charge on any atom is 0.278 e. The van der Waals surface area contributed by atoms with E-state index in [4.69, 9.17) is 4.53 Å². The highest BCUT2D eigenvalue weighted by atomic mass is 79.9. The number of hydrogen-bond donors (Lipinski definition) is 0. The molecule has 114 valence electrons. The first-order valence-electron chi connectivity index (χ1n) is 6.91. The summed E-state index contributed by atoms with van der Waals surface area (Å²) in [6.07, 6.45) is 0. The number of rotatable bonds is 3. The van der Waals surface area contributed by atoms with E-state index in [-0.39, 0.29) is 5.91 Å². The van der Waals surface area contributed by atoms with Crippen LogP contribution in [0.2, 0.25) is 39.3 Å². The summed E-state index contributed by atoms with van der Waals surface area (Å²) in [6.45, 7) is 12.6. The van der Waals surface area contributed by atoms with Crippen LogP contribution in [0, 0.1) is 0 Å². The van der Waals surface area contributed by atoms with E-state index in [0.717, 1.165) is 15.7 Å². The Balaban J connectivity index is 2.55. The van der Waals surface area contributed by atoms with Crippen LogP contribution in [-0.4, -0.2) is 28.2 Å². The number of benzene rings is 1. The number of fused-ring (bicyclic) bond motifs is 1. The summed E-state index contributed by atoms with van der Waals surface area (Å²) >= 11 is 3.47. The molecule has 1 amide bonds. The number of nitrogens with zero attached hydrogens (tertiary/aromatic N) is 2. The molecular formula is C14H21BrN2O2Si2. The average molecular weight is 385 g/mol. The molecule has 2 rings (SSSR count). The number of carbonyl (C=O) groups is 1. The van der Waals surface area contributed by atoms with Gasteiger partial charge >= 0.3 is 0 Å². The lowest BCUT2D eigenvalue weighted by Gasteiger charge is -2.30. The summed E-state index contributed by atoms with van der Waals surface area (Å²) in [6, 6.07) is 5.88. The Morgan fingerprint density at radius 3 is 2.29 bits per heavy atom. The van der Waals surface area contributed by atoms with Gasteiger partial charge in [-0.15, -0.1) is 0 Å². The van der Waals surface area contributed by atoms with Crippen LogP contribution >= 0.6 is 15.9 Å². The van der Waals surface area contributed by atoms with E-state index >= 15 is 0 Å². The first kappa shape index (κ1) is 16.4. The molecule has 1 heterocycles. The minimum absolute atomic E-state index is 0.0412. The van der Waals surface area contributed by atoms with E-state index < -0.39 is 16.6 Å². The monoisotopic (exact) mass is 384 g/mol. The van der Waals surface area contributed by atoms with Gasteiger partial charge in [-0.05, 0) is 37.8 Å². The number of oxime groups is 1. The van der Waals surface area contributed by atoms with Gasteiger partial charge in [0.1, 0.15) is 0 Å². The largest absolute Gasteiger partial charge is 0.455 e. The van der Waals surface area contributed by atoms with Crippen LogP contribution in [0.5, 0.6) is 0 Å². The highest BCUT2D eigenvalue weighted by molar-refractivity contribution is 9.10. The maximum atomic E-state index is 12.8. The molecule has 1 aromatic carbocycles. The van der Waals surface area contributed by atoms with Crippen molar-refractivity contribution >= 4 is 49.8 Å². The molecule has 0 aliphatic carbocycles. The molecule has 7 heteroatoms. The first-order chi connectivity index (χ1) is 9.50. The smallest absolute Gasteiger partial charge is 0.278 e. The average Bonchev–Trinajstić information content (AvgIpc) is 2.56. The van der Waals surface area contributed by atoms with Crippen LogP contribution in [0.25, 0.3) is 0 Å². The summed E-state index contributed by atoms with van der Waals surface area (Å²) in [5.74, 6) is -0.0412. The lowest BCUT2D eigenvalue weighted by atomic mass is 10.1. The predicted molar refractivity (Wildman–Crippen MR) is 95.9 cm³/mol. The number of halogens is 1. The van der Waals surface area contributed by atoms with Crippen molar-refractivity contribution in [3.05, 3.63) is 28.2 Å². The Kier molecular flexibility index (Phi) is 4.20. The third kappa shape index (κ3) is 3.46. The minimum Gasteiger partial charge on any atom is -0.455 e. The number of anilines is 1. The molecule has 21 heavy (non-hydrogen) atoms. The molecule has 1 aliphatic heterocycles. The van der Waals surface area contributed by atoms with Crippen LogP contribution in [-0.2, 0) is 9.32 Å². The molecule has 1 aromatic rings. The van der Waals surface area contributed by atoms with Crippen LogP contribution in [0.4, 0.5) is 5.69 Å². The van der Waals surface area contributed by atoms with Gasteiger partial charge in [0.25, 0.3) is 14.2 Å². The van der Waals surface area contributed by atoms with Crippen molar-refractivity contribution in [2.75, 3.05) is 4.57 Å². The Labute approximate surface area is 136 Å². The molecule has 0 unspecified atom stereocenters. The van der Waals surface area contributed by atoms with Crippen molar-refractivity contribution in [2.45, 2.75) is 39.3 Å². The summed E-state index contributed by atoms with van der Waals surface area (Å²) in [4.78, 5) is 12.8. The summed E-state index contributed by atoms with van der Waals surface area (Å²) in [5, 5.41) is 4.21. The zero-order valence-corrected chi connectivity index (χ0v) is 16.9. The SMILES string of the molecule is C[Si](C)(C)O/N=C1/C(=O)N([Si](C)(C)C)c2ccc(Br)cc21. The van der Waals surface area contributed by atoms with Crippen LogP contribution in [0.3, 0.4) is 0 Å². The minimum atomic E-state index is -1.83. The third-order valence-corrected chi connectivity index (χ3v) is 5.86. The molecule has 1 aliphatic rings. The molecule has 0 aromatic heterocycles. The van der Waals surface area contributed by atoms with E-state index in [1.807, 2.05) is 22.8 Å². The van der Waals surface area contributed by atoms with Crippen molar-refractivity contribution in [1.29, 1.82) is 0 Å². The number of amides is 1. The van der Waals surface area contributed by atoms with E-state index in [2.05, 4.69) is 60.4 Å². The van der Waals surface area contributed by atoms with Crippen LogP contribution < -0.4 is 4.57 Å². The van der Waals surface area contributed by atoms with Gasteiger partial charge in [0, 0.05) is 15.7 Å². The third-order valence-electron chi connectivity index (χ3n) is 2.94. The Morgan fingerprint density at radius 1 is 1.14 bits per heavy atom. The zero-order chi connectivity index (χ0) is 16.0. The van der Waals surface area contributed by atoms with Gasteiger partial charge in [-0.25, -0.2) is 0 Å². The van der Waals surface area contributed by atoms with Crippen LogP contribution in [0.1, 0.15) is 5.56 Å². The van der Waals surface area contributed by atoms with Gasteiger partial charge < -0.3 is 9.09 Å². The van der Waals surface area contributed by atoms with Gasteiger partial charge in [0.05, 0.1) is 0 Å². The van der Waals surface area contributed by atoms with Gasteiger partial charge in [-0.2, -0.15) is 0 Å². The second kappa shape index (κ2) is 5.37. The fourth-order valence-corrected chi connectivity index (χ4v) is 4.52. The van der Waals surface area contributed by atoms with Crippen molar-refractivity contribution in [3.63, 3.8) is 0 Å². The molecular weight excluding hydrogens is 364 g/mol. The first-order valence-corrected chi connectivity index (χ1v) is 14.6. The highest BCUT2D eigenvalue weighted by Gasteiger charge is 2.41. The van der Waals surface area contributed by atoms with Gasteiger partial charge in [-0.1, -0.05) is 40.7 Å². The molecule has 0 saturated carbocycles. The van der Waals surface area contributed by atoms with Gasteiger partial charge in [0.2, 0.25) is 0 Å². The van der Waals surface area contributed by atoms with Crippen molar-refractivity contribution in [3.8, 4) is 0 Å². The molecule has 0 N–H and O–H groups in total. The Morgan fingerprint density at radius 2 is 1.76 bits per heavy atom. The molecule has 0 radical (unpaired) electrons. The fraction of sp³-hybridized carbons (Fsp3) is 0.429. The number of hydrogen-bond acceptors (Lipinski definition) is 3. The van der Waals surface area contributed by atoms with E-state index in [9.17, 15) is 4.79 Å². The fourth-order valence-electron chi connectivity index (χ4n) is 2.16. The van der Waals surface area contributed by atoms with E-state index in [1.54, 1.807) is 0 Å². The van der Waals surface area contributed by atoms with Crippen LogP contribution in [0.15, 0.2) is 27.8 Å². The Bertz CT molecular complexity index is 618. The normalized spacial score (nSPS) is 17.4. The molecule has 0 spiro atoms. The highest BCUT2D eigenvalue weighted by Crippen LogP contribution is 2.35. The molecule has 0 fully saturated rings.